The number of hydrogen-bond acceptors (Lipinski definition) is 6. The van der Waals surface area contributed by atoms with E-state index in [0.717, 1.165) is 35.9 Å². The number of methoxy groups -OCH3 is 1. The number of rotatable bonds is 10. The molecule has 0 spiro atoms. The van der Waals surface area contributed by atoms with Crippen LogP contribution in [0.25, 0.3) is 22.1 Å². The van der Waals surface area contributed by atoms with E-state index in [0.29, 0.717) is 40.7 Å². The Labute approximate surface area is 205 Å². The first kappa shape index (κ1) is 23.6. The highest BCUT2D eigenvalue weighted by Crippen LogP contribution is 2.35. The molecule has 0 unspecified atom stereocenters. The van der Waals surface area contributed by atoms with Crippen molar-refractivity contribution < 1.29 is 32.7 Å². The highest BCUT2D eigenvalue weighted by Gasteiger charge is 2.28. The molecule has 0 radical (unpaired) electrons. The number of aliphatic carboxylic acids is 1. The molecular weight excluding hydrogens is 470 g/mol. The lowest BCUT2D eigenvalue weighted by molar-refractivity contribution is -0.135. The zero-order chi connectivity index (χ0) is 25.2. The highest BCUT2D eigenvalue weighted by atomic mass is 19.2. The second-order valence-corrected chi connectivity index (χ2v) is 8.83. The van der Waals surface area contributed by atoms with Crippen LogP contribution in [-0.2, 0) is 11.4 Å². The summed E-state index contributed by atoms with van der Waals surface area (Å²) in [4.78, 5) is 13.1. The molecule has 1 N–H and O–H groups in total. The van der Waals surface area contributed by atoms with Gasteiger partial charge in [0.05, 0.1) is 12.5 Å². The van der Waals surface area contributed by atoms with Crippen molar-refractivity contribution in [3.63, 3.8) is 0 Å². The minimum atomic E-state index is -0.970. The van der Waals surface area contributed by atoms with Crippen molar-refractivity contribution in [1.29, 1.82) is 0 Å². The number of ether oxygens (including phenoxy) is 2. The van der Waals surface area contributed by atoms with Gasteiger partial charge in [0.15, 0.2) is 23.0 Å². The molecule has 7 nitrogen and oxygen atoms in total. The third-order valence-electron chi connectivity index (χ3n) is 6.13. The Kier molecular flexibility index (Phi) is 6.45. The number of fused-ring (bicyclic) bond motifs is 1. The van der Waals surface area contributed by atoms with Gasteiger partial charge < -0.3 is 24.0 Å². The molecule has 9 heteroatoms. The van der Waals surface area contributed by atoms with Crippen LogP contribution in [-0.4, -0.2) is 36.4 Å². The molecule has 4 aromatic rings. The predicted molar refractivity (Wildman–Crippen MR) is 129 cm³/mol. The Balaban J connectivity index is 1.32. The van der Waals surface area contributed by atoms with Crippen molar-refractivity contribution in [2.45, 2.75) is 19.4 Å². The molecule has 1 fully saturated rings. The fraction of sp³-hybridized carbons (Fsp3) is 0.259. The normalized spacial score (nSPS) is 13.1. The number of hydrogen-bond donors (Lipinski definition) is 1. The summed E-state index contributed by atoms with van der Waals surface area (Å²) in [6.07, 6.45) is 2.18. The Bertz CT molecular complexity index is 1400. The van der Waals surface area contributed by atoms with Gasteiger partial charge in [0.2, 0.25) is 0 Å². The summed E-state index contributed by atoms with van der Waals surface area (Å²) >= 11 is 0. The SMILES string of the molecule is COc1cc(F)c(F)cc1-c1ccc(OCc2ccc3onc(N(CC(=O)O)CC4CC4)c3c2)cc1. The van der Waals surface area contributed by atoms with Gasteiger partial charge in [0.1, 0.15) is 24.7 Å². The summed E-state index contributed by atoms with van der Waals surface area (Å²) in [7, 11) is 1.40. The molecule has 3 aromatic carbocycles. The molecule has 36 heavy (non-hydrogen) atoms. The molecule has 5 rings (SSSR count). The lowest BCUT2D eigenvalue weighted by atomic mass is 10.0. The molecule has 0 amide bonds. The van der Waals surface area contributed by atoms with Crippen LogP contribution in [0.4, 0.5) is 14.6 Å². The van der Waals surface area contributed by atoms with Crippen LogP contribution in [0.15, 0.2) is 59.1 Å². The van der Waals surface area contributed by atoms with Gasteiger partial charge in [-0.25, -0.2) is 8.78 Å². The fourth-order valence-corrected chi connectivity index (χ4v) is 4.11. The van der Waals surface area contributed by atoms with Crippen LogP contribution < -0.4 is 14.4 Å². The summed E-state index contributed by atoms with van der Waals surface area (Å²) in [5, 5.41) is 14.2. The highest BCUT2D eigenvalue weighted by molar-refractivity contribution is 5.90. The summed E-state index contributed by atoms with van der Waals surface area (Å²) in [6, 6.07) is 14.6. The number of nitrogens with zero attached hydrogens (tertiary/aromatic N) is 2. The van der Waals surface area contributed by atoms with Crippen LogP contribution >= 0.6 is 0 Å². The summed E-state index contributed by atoms with van der Waals surface area (Å²) < 4.78 is 43.8. The fourth-order valence-electron chi connectivity index (χ4n) is 4.11. The van der Waals surface area contributed by atoms with E-state index in [4.69, 9.17) is 14.0 Å². The van der Waals surface area contributed by atoms with Crippen molar-refractivity contribution >= 4 is 22.8 Å². The Hall–Kier alpha value is -4.14. The maximum absolute atomic E-state index is 13.8. The molecule has 1 heterocycles. The summed E-state index contributed by atoms with van der Waals surface area (Å²) in [5.74, 6) is -1.01. The minimum Gasteiger partial charge on any atom is -0.496 e. The lowest BCUT2D eigenvalue weighted by Gasteiger charge is -2.19. The molecule has 0 bridgehead atoms. The van der Waals surface area contributed by atoms with E-state index in [2.05, 4.69) is 5.16 Å². The third-order valence-corrected chi connectivity index (χ3v) is 6.13. The summed E-state index contributed by atoms with van der Waals surface area (Å²) in [6.45, 7) is 0.744. The van der Waals surface area contributed by atoms with E-state index >= 15 is 0 Å². The number of carboxylic acids is 1. The standard InChI is InChI=1S/C27H24F2N2O5/c1-34-25-12-23(29)22(28)11-20(25)18-5-7-19(8-6-18)35-15-17-4-9-24-21(10-17)27(30-36-24)31(14-26(32)33)13-16-2-3-16/h4-12,16H,2-3,13-15H2,1H3,(H,32,33). The average molecular weight is 494 g/mol. The van der Waals surface area contributed by atoms with Gasteiger partial charge in [-0.05, 0) is 60.2 Å². The van der Waals surface area contributed by atoms with Crippen molar-refractivity contribution in [3.05, 3.63) is 71.8 Å². The number of aromatic nitrogens is 1. The van der Waals surface area contributed by atoms with Gasteiger partial charge >= 0.3 is 5.97 Å². The Morgan fingerprint density at radius 3 is 2.56 bits per heavy atom. The van der Waals surface area contributed by atoms with Crippen LogP contribution in [0.1, 0.15) is 18.4 Å². The maximum Gasteiger partial charge on any atom is 0.323 e. The second kappa shape index (κ2) is 9.85. The molecule has 1 aliphatic rings. The Morgan fingerprint density at radius 1 is 1.11 bits per heavy atom. The molecule has 1 aliphatic carbocycles. The van der Waals surface area contributed by atoms with Crippen LogP contribution in [0.2, 0.25) is 0 Å². The van der Waals surface area contributed by atoms with Gasteiger partial charge in [-0.2, -0.15) is 0 Å². The van der Waals surface area contributed by atoms with E-state index in [9.17, 15) is 18.7 Å². The van der Waals surface area contributed by atoms with E-state index in [1.807, 2.05) is 12.1 Å². The molecule has 0 aliphatic heterocycles. The van der Waals surface area contributed by atoms with Gasteiger partial charge in [-0.15, -0.1) is 0 Å². The molecule has 1 saturated carbocycles. The van der Waals surface area contributed by atoms with Crippen molar-refractivity contribution in [1.82, 2.24) is 5.16 Å². The van der Waals surface area contributed by atoms with Gasteiger partial charge in [-0.3, -0.25) is 4.79 Å². The largest absolute Gasteiger partial charge is 0.496 e. The maximum atomic E-state index is 13.8. The van der Waals surface area contributed by atoms with E-state index < -0.39 is 17.6 Å². The first-order valence-electron chi connectivity index (χ1n) is 11.5. The number of carbonyl (C=O) groups is 1. The molecule has 0 atom stereocenters. The van der Waals surface area contributed by atoms with Crippen molar-refractivity contribution in [3.8, 4) is 22.6 Å². The molecule has 186 valence electrons. The van der Waals surface area contributed by atoms with Crippen molar-refractivity contribution in [2.75, 3.05) is 25.1 Å². The number of anilines is 1. The van der Waals surface area contributed by atoms with Crippen LogP contribution in [0, 0.1) is 17.6 Å². The number of benzene rings is 3. The third kappa shape index (κ3) is 5.10. The summed E-state index contributed by atoms with van der Waals surface area (Å²) in [5.41, 5.74) is 2.53. The topological polar surface area (TPSA) is 85.0 Å². The number of carboxylic acid groups (broad SMARTS) is 1. The minimum absolute atomic E-state index is 0.145. The average Bonchev–Trinajstić information content (AvgIpc) is 3.59. The quantitative estimate of drug-likeness (QED) is 0.304. The second-order valence-electron chi connectivity index (χ2n) is 8.83. The van der Waals surface area contributed by atoms with Gasteiger partial charge in [-0.1, -0.05) is 23.4 Å². The van der Waals surface area contributed by atoms with Gasteiger partial charge in [0.25, 0.3) is 0 Å². The monoisotopic (exact) mass is 494 g/mol. The zero-order valence-electron chi connectivity index (χ0n) is 19.5. The predicted octanol–water partition coefficient (Wildman–Crippen LogP) is 5.66. The first-order valence-corrected chi connectivity index (χ1v) is 11.5. The molecule has 0 saturated heterocycles. The van der Waals surface area contributed by atoms with E-state index in [-0.39, 0.29) is 18.9 Å². The lowest BCUT2D eigenvalue weighted by Crippen LogP contribution is -2.32. The first-order chi connectivity index (χ1) is 17.4. The molecule has 1 aromatic heterocycles. The van der Waals surface area contributed by atoms with Crippen LogP contribution in [0.3, 0.4) is 0 Å². The zero-order valence-corrected chi connectivity index (χ0v) is 19.5. The van der Waals surface area contributed by atoms with E-state index in [1.54, 1.807) is 35.2 Å². The molecular formula is C27H24F2N2O5. The Morgan fingerprint density at radius 2 is 1.86 bits per heavy atom. The number of halogens is 2. The van der Waals surface area contributed by atoms with E-state index in [1.165, 1.54) is 7.11 Å². The van der Waals surface area contributed by atoms with Gasteiger partial charge in [0, 0.05) is 18.2 Å². The van der Waals surface area contributed by atoms with Crippen LogP contribution in [0.5, 0.6) is 11.5 Å². The van der Waals surface area contributed by atoms with Crippen molar-refractivity contribution in [2.24, 2.45) is 5.92 Å². The smallest absolute Gasteiger partial charge is 0.323 e.